The second-order valence-electron chi connectivity index (χ2n) is 5.35. The zero-order chi connectivity index (χ0) is 16.2. The Labute approximate surface area is 134 Å². The number of fused-ring (bicyclic) bond motifs is 1. The molecule has 0 unspecified atom stereocenters. The molecule has 0 aliphatic heterocycles. The highest BCUT2D eigenvalue weighted by atomic mass is 16.5. The number of nitrogens with zero attached hydrogens (tertiary/aromatic N) is 3. The molecular weight excluding hydrogens is 288 g/mol. The molecule has 3 aromatic rings. The third-order valence-corrected chi connectivity index (χ3v) is 3.92. The molecule has 0 saturated heterocycles. The average molecular weight is 306 g/mol. The van der Waals surface area contributed by atoms with E-state index in [4.69, 9.17) is 10.5 Å². The predicted octanol–water partition coefficient (Wildman–Crippen LogP) is 2.73. The first-order valence-corrected chi connectivity index (χ1v) is 7.45. The van der Waals surface area contributed by atoms with Gasteiger partial charge in [0.05, 0.1) is 18.8 Å². The van der Waals surface area contributed by atoms with Gasteiger partial charge in [0.15, 0.2) is 0 Å². The SMILES string of the molecule is COCCn1nc(Cc2cccc3ccccc23)c(C#N)c1N. The average Bonchev–Trinajstić information content (AvgIpc) is 2.88. The standard InChI is InChI=1S/C18H18N4O/c1-23-10-9-22-18(20)16(12-19)17(21-22)11-14-7-4-6-13-5-2-3-8-15(13)14/h2-8H,9-11,20H2,1H3. The summed E-state index contributed by atoms with van der Waals surface area (Å²) >= 11 is 0. The van der Waals surface area contributed by atoms with Crippen molar-refractivity contribution in [2.45, 2.75) is 13.0 Å². The maximum atomic E-state index is 9.41. The maximum absolute atomic E-state index is 9.41. The van der Waals surface area contributed by atoms with E-state index >= 15 is 0 Å². The van der Waals surface area contributed by atoms with E-state index in [9.17, 15) is 5.26 Å². The number of nitrogen functional groups attached to an aromatic ring is 1. The highest BCUT2D eigenvalue weighted by molar-refractivity contribution is 5.86. The van der Waals surface area contributed by atoms with Crippen LogP contribution in [0.3, 0.4) is 0 Å². The van der Waals surface area contributed by atoms with Crippen molar-refractivity contribution in [3.63, 3.8) is 0 Å². The minimum atomic E-state index is 0.403. The van der Waals surface area contributed by atoms with Crippen molar-refractivity contribution in [2.75, 3.05) is 19.5 Å². The quantitative estimate of drug-likeness (QED) is 0.786. The number of methoxy groups -OCH3 is 1. The molecule has 1 aromatic heterocycles. The fraction of sp³-hybridized carbons (Fsp3) is 0.222. The molecule has 0 atom stereocenters. The molecule has 2 aromatic carbocycles. The van der Waals surface area contributed by atoms with Crippen molar-refractivity contribution < 1.29 is 4.74 Å². The molecule has 0 amide bonds. The summed E-state index contributed by atoms with van der Waals surface area (Å²) in [5, 5.41) is 16.3. The van der Waals surface area contributed by atoms with Crippen molar-refractivity contribution in [2.24, 2.45) is 0 Å². The van der Waals surface area contributed by atoms with Gasteiger partial charge in [-0.05, 0) is 16.3 Å². The summed E-state index contributed by atoms with van der Waals surface area (Å²) in [5.41, 5.74) is 8.34. The third kappa shape index (κ3) is 2.89. The number of aromatic nitrogens is 2. The van der Waals surface area contributed by atoms with Crippen LogP contribution in [-0.2, 0) is 17.7 Å². The number of benzene rings is 2. The number of rotatable bonds is 5. The smallest absolute Gasteiger partial charge is 0.140 e. The maximum Gasteiger partial charge on any atom is 0.140 e. The monoisotopic (exact) mass is 306 g/mol. The summed E-state index contributed by atoms with van der Waals surface area (Å²) < 4.78 is 6.70. The normalized spacial score (nSPS) is 10.8. The zero-order valence-corrected chi connectivity index (χ0v) is 13.0. The van der Waals surface area contributed by atoms with Crippen molar-refractivity contribution >= 4 is 16.6 Å². The van der Waals surface area contributed by atoms with E-state index in [-0.39, 0.29) is 0 Å². The molecule has 0 aliphatic rings. The molecule has 0 saturated carbocycles. The second kappa shape index (κ2) is 6.51. The van der Waals surface area contributed by atoms with Gasteiger partial charge in [0.1, 0.15) is 17.5 Å². The van der Waals surface area contributed by atoms with E-state index in [0.29, 0.717) is 36.6 Å². The van der Waals surface area contributed by atoms with Gasteiger partial charge in [0, 0.05) is 13.5 Å². The van der Waals surface area contributed by atoms with E-state index in [2.05, 4.69) is 35.4 Å². The molecule has 1 heterocycles. The van der Waals surface area contributed by atoms with Gasteiger partial charge in [-0.15, -0.1) is 0 Å². The Hall–Kier alpha value is -2.84. The highest BCUT2D eigenvalue weighted by Crippen LogP contribution is 2.24. The Kier molecular flexibility index (Phi) is 4.26. The molecule has 0 radical (unpaired) electrons. The lowest BCUT2D eigenvalue weighted by molar-refractivity contribution is 0.184. The number of ether oxygens (including phenoxy) is 1. The van der Waals surface area contributed by atoms with Crippen LogP contribution in [0.4, 0.5) is 5.82 Å². The van der Waals surface area contributed by atoms with E-state index in [0.717, 1.165) is 5.56 Å². The van der Waals surface area contributed by atoms with Gasteiger partial charge in [0.25, 0.3) is 0 Å². The van der Waals surface area contributed by atoms with Crippen LogP contribution in [0.15, 0.2) is 42.5 Å². The number of anilines is 1. The lowest BCUT2D eigenvalue weighted by Gasteiger charge is -2.05. The third-order valence-electron chi connectivity index (χ3n) is 3.92. The fourth-order valence-electron chi connectivity index (χ4n) is 2.75. The first-order chi connectivity index (χ1) is 11.2. The molecule has 0 aliphatic carbocycles. The van der Waals surface area contributed by atoms with Gasteiger partial charge >= 0.3 is 0 Å². The first kappa shape index (κ1) is 15.1. The lowest BCUT2D eigenvalue weighted by Crippen LogP contribution is -2.09. The zero-order valence-electron chi connectivity index (χ0n) is 13.0. The minimum Gasteiger partial charge on any atom is -0.383 e. The summed E-state index contributed by atoms with van der Waals surface area (Å²) in [6.07, 6.45) is 0.578. The topological polar surface area (TPSA) is 76.9 Å². The van der Waals surface area contributed by atoms with Crippen LogP contribution < -0.4 is 5.73 Å². The highest BCUT2D eigenvalue weighted by Gasteiger charge is 2.16. The van der Waals surface area contributed by atoms with Crippen LogP contribution in [0, 0.1) is 11.3 Å². The molecule has 23 heavy (non-hydrogen) atoms. The Bertz CT molecular complexity index is 871. The van der Waals surface area contributed by atoms with E-state index < -0.39 is 0 Å². The molecule has 2 N–H and O–H groups in total. The number of nitrogens with two attached hydrogens (primary N) is 1. The van der Waals surface area contributed by atoms with E-state index in [1.54, 1.807) is 11.8 Å². The molecular formula is C18H18N4O. The number of hydrogen-bond donors (Lipinski definition) is 1. The summed E-state index contributed by atoms with van der Waals surface area (Å²) in [7, 11) is 1.63. The molecule has 0 bridgehead atoms. The first-order valence-electron chi connectivity index (χ1n) is 7.45. The van der Waals surface area contributed by atoms with Gasteiger partial charge in [-0.1, -0.05) is 42.5 Å². The summed E-state index contributed by atoms with van der Waals surface area (Å²) in [4.78, 5) is 0. The van der Waals surface area contributed by atoms with Crippen LogP contribution in [0.2, 0.25) is 0 Å². The molecule has 5 nitrogen and oxygen atoms in total. The predicted molar refractivity (Wildman–Crippen MR) is 90.0 cm³/mol. The molecule has 116 valence electrons. The Morgan fingerprint density at radius 1 is 1.22 bits per heavy atom. The van der Waals surface area contributed by atoms with Crippen LogP contribution in [0.5, 0.6) is 0 Å². The largest absolute Gasteiger partial charge is 0.383 e. The Morgan fingerprint density at radius 2 is 2.00 bits per heavy atom. The molecule has 5 heteroatoms. The van der Waals surface area contributed by atoms with Gasteiger partial charge < -0.3 is 10.5 Å². The fourth-order valence-corrected chi connectivity index (χ4v) is 2.75. The van der Waals surface area contributed by atoms with Gasteiger partial charge in [-0.25, -0.2) is 4.68 Å². The Morgan fingerprint density at radius 3 is 2.78 bits per heavy atom. The van der Waals surface area contributed by atoms with Crippen molar-refractivity contribution in [3.05, 3.63) is 59.3 Å². The van der Waals surface area contributed by atoms with E-state index in [1.807, 2.05) is 18.2 Å². The second-order valence-corrected chi connectivity index (χ2v) is 5.35. The number of nitriles is 1. The summed E-state index contributed by atoms with van der Waals surface area (Å²) in [6, 6.07) is 16.5. The van der Waals surface area contributed by atoms with Crippen molar-refractivity contribution in [3.8, 4) is 6.07 Å². The van der Waals surface area contributed by atoms with Crippen LogP contribution >= 0.6 is 0 Å². The number of hydrogen-bond acceptors (Lipinski definition) is 4. The van der Waals surface area contributed by atoms with Gasteiger partial charge in [-0.3, -0.25) is 0 Å². The van der Waals surface area contributed by atoms with E-state index in [1.165, 1.54) is 10.8 Å². The van der Waals surface area contributed by atoms with Gasteiger partial charge in [-0.2, -0.15) is 10.4 Å². The summed E-state index contributed by atoms with van der Waals surface area (Å²) in [6.45, 7) is 1.04. The minimum absolute atomic E-state index is 0.403. The van der Waals surface area contributed by atoms with Crippen LogP contribution in [0.1, 0.15) is 16.8 Å². The van der Waals surface area contributed by atoms with Crippen molar-refractivity contribution in [1.82, 2.24) is 9.78 Å². The lowest BCUT2D eigenvalue weighted by atomic mass is 10.00. The Balaban J connectivity index is 2.00. The molecule has 0 fully saturated rings. The van der Waals surface area contributed by atoms with Crippen LogP contribution in [0.25, 0.3) is 10.8 Å². The van der Waals surface area contributed by atoms with Gasteiger partial charge in [0.2, 0.25) is 0 Å². The molecule has 3 rings (SSSR count). The van der Waals surface area contributed by atoms with Crippen LogP contribution in [-0.4, -0.2) is 23.5 Å². The van der Waals surface area contributed by atoms with Crippen molar-refractivity contribution in [1.29, 1.82) is 5.26 Å². The summed E-state index contributed by atoms with van der Waals surface area (Å²) in [5.74, 6) is 0.403. The molecule has 0 spiro atoms.